The van der Waals surface area contributed by atoms with E-state index in [4.69, 9.17) is 0 Å². The minimum Gasteiger partial charge on any atom is -0.263 e. The molecule has 1 aromatic carbocycles. The van der Waals surface area contributed by atoms with E-state index in [-0.39, 0.29) is 0 Å². The van der Waals surface area contributed by atoms with E-state index in [0.717, 1.165) is 9.79 Å². The summed E-state index contributed by atoms with van der Waals surface area (Å²) in [4.78, 5) is 2.00. The Labute approximate surface area is 85.7 Å². The maximum absolute atomic E-state index is 11.5. The van der Waals surface area contributed by atoms with E-state index in [9.17, 15) is 4.21 Å². The Bertz CT molecular complexity index is 301. The minimum atomic E-state index is -0.845. The zero-order chi connectivity index (χ0) is 9.68. The van der Waals surface area contributed by atoms with Crippen molar-refractivity contribution in [2.24, 2.45) is 0 Å². The minimum absolute atomic E-state index is 0.674. The molecule has 0 fully saturated rings. The molecule has 0 amide bonds. The van der Waals surface area contributed by atoms with Crippen LogP contribution in [0, 0.1) is 0 Å². The van der Waals surface area contributed by atoms with Gasteiger partial charge in [-0.05, 0) is 37.2 Å². The monoisotopic (exact) mass is 215 g/mol. The van der Waals surface area contributed by atoms with Gasteiger partial charge in [-0.3, -0.25) is 8.93 Å². The molecule has 0 aromatic heterocycles. The van der Waals surface area contributed by atoms with Gasteiger partial charge in [0.1, 0.15) is 0 Å². The first-order valence-electron chi connectivity index (χ1n) is 4.10. The van der Waals surface area contributed by atoms with E-state index in [1.54, 1.807) is 0 Å². The Morgan fingerprint density at radius 3 is 2.92 bits per heavy atom. The van der Waals surface area contributed by atoms with Crippen LogP contribution in [0.1, 0.15) is 6.92 Å². The molecule has 0 aliphatic carbocycles. The summed E-state index contributed by atoms with van der Waals surface area (Å²) in [5.41, 5.74) is 0. The Hall–Kier alpha value is -0.320. The molecule has 0 aliphatic rings. The van der Waals surface area contributed by atoms with Gasteiger partial charge in [0.05, 0.1) is 10.8 Å². The van der Waals surface area contributed by atoms with Gasteiger partial charge in [-0.15, -0.1) is 0 Å². The van der Waals surface area contributed by atoms with Crippen LogP contribution in [0.15, 0.2) is 34.1 Å². The van der Waals surface area contributed by atoms with Crippen LogP contribution in [-0.4, -0.2) is 17.0 Å². The first kappa shape index (κ1) is 10.8. The van der Waals surface area contributed by atoms with Gasteiger partial charge in [0.15, 0.2) is 0 Å². The maximum Gasteiger partial charge on any atom is 0.0527 e. The number of nitrogens with one attached hydrogen (secondary N) is 1. The summed E-state index contributed by atoms with van der Waals surface area (Å²) in [6, 6.07) is 7.79. The molecule has 0 spiro atoms. The first-order valence-corrected chi connectivity index (χ1v) is 6.23. The van der Waals surface area contributed by atoms with Gasteiger partial charge in [0.2, 0.25) is 0 Å². The topological polar surface area (TPSA) is 29.1 Å². The second kappa shape index (κ2) is 5.42. The van der Waals surface area contributed by atoms with Crippen LogP contribution < -0.4 is 4.72 Å². The molecule has 13 heavy (non-hydrogen) atoms. The summed E-state index contributed by atoms with van der Waals surface area (Å²) in [6.07, 6.45) is 0. The van der Waals surface area contributed by atoms with Crippen LogP contribution >= 0.6 is 11.9 Å². The Balaban J connectivity index is 2.85. The lowest BCUT2D eigenvalue weighted by Gasteiger charge is -2.02. The van der Waals surface area contributed by atoms with E-state index < -0.39 is 10.8 Å². The van der Waals surface area contributed by atoms with Gasteiger partial charge >= 0.3 is 0 Å². The third-order valence-corrected chi connectivity index (χ3v) is 3.55. The van der Waals surface area contributed by atoms with Gasteiger partial charge < -0.3 is 0 Å². The molecule has 1 rings (SSSR count). The van der Waals surface area contributed by atoms with Crippen LogP contribution in [0.3, 0.4) is 0 Å². The normalized spacial score (nSPS) is 12.8. The second-order valence-corrected chi connectivity index (χ2v) is 5.24. The third kappa shape index (κ3) is 3.14. The van der Waals surface area contributed by atoms with Gasteiger partial charge in [-0.2, -0.15) is 0 Å². The lowest BCUT2D eigenvalue weighted by Crippen LogP contribution is -1.95. The highest BCUT2D eigenvalue weighted by Crippen LogP contribution is 2.17. The number of hydrogen-bond donors (Lipinski definition) is 1. The average Bonchev–Trinajstić information content (AvgIpc) is 2.18. The highest BCUT2D eigenvalue weighted by Gasteiger charge is 2.01. The largest absolute Gasteiger partial charge is 0.263 e. The molecule has 0 saturated carbocycles. The molecule has 0 heterocycles. The predicted molar refractivity (Wildman–Crippen MR) is 58.3 cm³/mol. The molecule has 0 aliphatic heterocycles. The molecule has 72 valence electrons. The van der Waals surface area contributed by atoms with E-state index in [1.807, 2.05) is 38.2 Å². The molecule has 2 nitrogen and oxygen atoms in total. The fourth-order valence-corrected chi connectivity index (χ4v) is 2.43. The zero-order valence-corrected chi connectivity index (χ0v) is 9.37. The summed E-state index contributed by atoms with van der Waals surface area (Å²) in [6.45, 7) is 1.92. The quantitative estimate of drug-likeness (QED) is 0.779. The lowest BCUT2D eigenvalue weighted by atomic mass is 10.4. The fourth-order valence-electron chi connectivity index (χ4n) is 0.964. The molecule has 0 radical (unpaired) electrons. The van der Waals surface area contributed by atoms with Crippen molar-refractivity contribution >= 4 is 22.7 Å². The van der Waals surface area contributed by atoms with Crippen molar-refractivity contribution in [3.8, 4) is 0 Å². The van der Waals surface area contributed by atoms with Crippen molar-refractivity contribution in [2.75, 3.05) is 12.8 Å². The first-order chi connectivity index (χ1) is 6.27. The van der Waals surface area contributed by atoms with Crippen LogP contribution in [0.2, 0.25) is 0 Å². The second-order valence-electron chi connectivity index (χ2n) is 2.42. The molecule has 1 N–H and O–H groups in total. The SMILES string of the molecule is CCS(=O)c1cccc(SNC)c1. The summed E-state index contributed by atoms with van der Waals surface area (Å²) in [7, 11) is 1.02. The molecule has 1 unspecified atom stereocenters. The van der Waals surface area contributed by atoms with E-state index in [0.29, 0.717) is 5.75 Å². The Morgan fingerprint density at radius 1 is 1.54 bits per heavy atom. The molecular formula is C9H13NOS2. The molecule has 0 saturated heterocycles. The van der Waals surface area contributed by atoms with Crippen LogP contribution in [-0.2, 0) is 10.8 Å². The third-order valence-electron chi connectivity index (χ3n) is 1.55. The lowest BCUT2D eigenvalue weighted by molar-refractivity contribution is 0.683. The smallest absolute Gasteiger partial charge is 0.0527 e. The summed E-state index contributed by atoms with van der Waals surface area (Å²) in [5, 5.41) is 0. The maximum atomic E-state index is 11.5. The standard InChI is InChI=1S/C9H13NOS2/c1-3-13(11)9-6-4-5-8(7-9)12-10-2/h4-7,10H,3H2,1-2H3. The number of hydrogen-bond acceptors (Lipinski definition) is 3. The van der Waals surface area contributed by atoms with Crippen LogP contribution in [0.4, 0.5) is 0 Å². The van der Waals surface area contributed by atoms with Crippen molar-refractivity contribution in [2.45, 2.75) is 16.7 Å². The predicted octanol–water partition coefficient (Wildman–Crippen LogP) is 2.04. The van der Waals surface area contributed by atoms with Gasteiger partial charge in [-0.25, -0.2) is 0 Å². The molecular weight excluding hydrogens is 202 g/mol. The zero-order valence-electron chi connectivity index (χ0n) is 7.74. The summed E-state index contributed by atoms with van der Waals surface area (Å²) in [5.74, 6) is 0.674. The molecule has 4 heteroatoms. The van der Waals surface area contributed by atoms with Crippen molar-refractivity contribution in [3.63, 3.8) is 0 Å². The molecule has 1 aromatic rings. The van der Waals surface area contributed by atoms with Gasteiger partial charge in [-0.1, -0.05) is 13.0 Å². The molecule has 0 bridgehead atoms. The van der Waals surface area contributed by atoms with E-state index >= 15 is 0 Å². The summed E-state index contributed by atoms with van der Waals surface area (Å²) >= 11 is 1.53. The van der Waals surface area contributed by atoms with Crippen molar-refractivity contribution < 1.29 is 4.21 Å². The van der Waals surface area contributed by atoms with Crippen LogP contribution in [0.25, 0.3) is 0 Å². The van der Waals surface area contributed by atoms with Crippen molar-refractivity contribution in [1.29, 1.82) is 0 Å². The highest BCUT2D eigenvalue weighted by molar-refractivity contribution is 7.97. The van der Waals surface area contributed by atoms with Crippen molar-refractivity contribution in [1.82, 2.24) is 4.72 Å². The number of benzene rings is 1. The Kier molecular flexibility index (Phi) is 4.48. The Morgan fingerprint density at radius 2 is 2.31 bits per heavy atom. The van der Waals surface area contributed by atoms with Gasteiger partial charge in [0.25, 0.3) is 0 Å². The fraction of sp³-hybridized carbons (Fsp3) is 0.333. The van der Waals surface area contributed by atoms with Crippen LogP contribution in [0.5, 0.6) is 0 Å². The summed E-state index contributed by atoms with van der Waals surface area (Å²) < 4.78 is 14.4. The van der Waals surface area contributed by atoms with E-state index in [2.05, 4.69) is 4.72 Å². The molecule has 1 atom stereocenters. The van der Waals surface area contributed by atoms with Gasteiger partial charge in [0, 0.05) is 15.5 Å². The van der Waals surface area contributed by atoms with E-state index in [1.165, 1.54) is 11.9 Å². The average molecular weight is 215 g/mol. The highest BCUT2D eigenvalue weighted by atomic mass is 32.2. The number of rotatable bonds is 4. The van der Waals surface area contributed by atoms with Crippen molar-refractivity contribution in [3.05, 3.63) is 24.3 Å².